The van der Waals surface area contributed by atoms with Crippen molar-refractivity contribution in [1.82, 2.24) is 14.5 Å². The lowest BCUT2D eigenvalue weighted by atomic mass is 10.2. The molecule has 0 bridgehead atoms. The van der Waals surface area contributed by atoms with Crippen molar-refractivity contribution in [3.05, 3.63) is 50.3 Å². The molecule has 1 N–H and O–H groups in total. The molecule has 31 heavy (non-hydrogen) atoms. The normalized spacial score (nSPS) is 14.9. The third-order valence-corrected chi connectivity index (χ3v) is 7.21. The molecule has 0 aliphatic carbocycles. The van der Waals surface area contributed by atoms with Crippen LogP contribution in [0.3, 0.4) is 0 Å². The van der Waals surface area contributed by atoms with E-state index in [0.29, 0.717) is 20.9 Å². The van der Waals surface area contributed by atoms with E-state index in [1.54, 1.807) is 6.07 Å². The Morgan fingerprint density at radius 2 is 1.97 bits per heavy atom. The van der Waals surface area contributed by atoms with Crippen molar-refractivity contribution in [2.24, 2.45) is 0 Å². The fraction of sp³-hybridized carbons (Fsp3) is 0.409. The number of amides is 1. The van der Waals surface area contributed by atoms with Crippen LogP contribution in [0.2, 0.25) is 5.02 Å². The average molecular weight is 460 g/mol. The van der Waals surface area contributed by atoms with Crippen molar-refractivity contribution < 1.29 is 4.79 Å². The van der Waals surface area contributed by atoms with Gasteiger partial charge in [-0.3, -0.25) is 14.2 Å². The molecule has 2 aromatic heterocycles. The fourth-order valence-corrected chi connectivity index (χ4v) is 5.08. The summed E-state index contributed by atoms with van der Waals surface area (Å²) in [5, 5.41) is 4.10. The molecule has 0 spiro atoms. The van der Waals surface area contributed by atoms with Crippen molar-refractivity contribution in [2.45, 2.75) is 27.3 Å². The quantitative estimate of drug-likeness (QED) is 0.632. The summed E-state index contributed by atoms with van der Waals surface area (Å²) in [5.41, 5.74) is 2.34. The highest BCUT2D eigenvalue weighted by molar-refractivity contribution is 7.18. The molecule has 164 valence electrons. The maximum absolute atomic E-state index is 12.9. The summed E-state index contributed by atoms with van der Waals surface area (Å²) >= 11 is 7.71. The molecular weight excluding hydrogens is 434 g/mol. The predicted octanol–water partition coefficient (Wildman–Crippen LogP) is 3.51. The van der Waals surface area contributed by atoms with Crippen molar-refractivity contribution in [3.63, 3.8) is 0 Å². The summed E-state index contributed by atoms with van der Waals surface area (Å²) in [6, 6.07) is 5.54. The minimum Gasteiger partial charge on any atom is -0.367 e. The minimum absolute atomic E-state index is 0.105. The second-order valence-electron chi connectivity index (χ2n) is 7.77. The topological polar surface area (TPSA) is 70.5 Å². The standard InChI is InChI=1S/C22H26ClN5O2S/c1-4-26-7-9-27(10-8-26)18-6-5-16(23)11-17(18)25-19(29)12-28-13-24-21-20(22(28)30)14(2)15(3)31-21/h5-6,11,13H,4,7-10,12H2,1-3H3,(H,25,29). The van der Waals surface area contributed by atoms with Crippen LogP contribution in [-0.4, -0.2) is 53.1 Å². The first kappa shape index (κ1) is 21.8. The highest BCUT2D eigenvalue weighted by Crippen LogP contribution is 2.30. The molecule has 1 aliphatic heterocycles. The number of aryl methyl sites for hydroxylation is 2. The Bertz CT molecular complexity index is 1180. The van der Waals surface area contributed by atoms with Crippen LogP contribution in [0.1, 0.15) is 17.4 Å². The average Bonchev–Trinajstić information content (AvgIpc) is 3.05. The number of nitrogens with zero attached hydrogens (tertiary/aromatic N) is 4. The van der Waals surface area contributed by atoms with Crippen LogP contribution < -0.4 is 15.8 Å². The van der Waals surface area contributed by atoms with E-state index < -0.39 is 0 Å². The first-order valence-electron chi connectivity index (χ1n) is 10.4. The zero-order valence-corrected chi connectivity index (χ0v) is 19.5. The van der Waals surface area contributed by atoms with Crippen LogP contribution >= 0.6 is 22.9 Å². The van der Waals surface area contributed by atoms with E-state index in [-0.39, 0.29) is 18.0 Å². The van der Waals surface area contributed by atoms with Gasteiger partial charge < -0.3 is 15.1 Å². The first-order valence-corrected chi connectivity index (χ1v) is 11.6. The lowest BCUT2D eigenvalue weighted by molar-refractivity contribution is -0.116. The Labute approximate surface area is 190 Å². The minimum atomic E-state index is -0.288. The van der Waals surface area contributed by atoms with Gasteiger partial charge in [-0.05, 0) is 44.2 Å². The molecule has 7 nitrogen and oxygen atoms in total. The fourth-order valence-electron chi connectivity index (χ4n) is 3.92. The number of hydrogen-bond donors (Lipinski definition) is 1. The third kappa shape index (κ3) is 4.46. The summed E-state index contributed by atoms with van der Waals surface area (Å²) in [6.07, 6.45) is 1.45. The molecule has 1 amide bonds. The van der Waals surface area contributed by atoms with E-state index in [1.807, 2.05) is 26.0 Å². The van der Waals surface area contributed by atoms with Gasteiger partial charge in [0.2, 0.25) is 5.91 Å². The Morgan fingerprint density at radius 1 is 1.23 bits per heavy atom. The second kappa shape index (κ2) is 8.98. The number of thiophene rings is 1. The lowest BCUT2D eigenvalue weighted by Gasteiger charge is -2.36. The number of carbonyl (C=O) groups is 1. The van der Waals surface area contributed by atoms with Crippen LogP contribution in [0.4, 0.5) is 11.4 Å². The molecule has 0 radical (unpaired) electrons. The molecule has 1 saturated heterocycles. The Kier molecular flexibility index (Phi) is 6.31. The van der Waals surface area contributed by atoms with Crippen LogP contribution in [-0.2, 0) is 11.3 Å². The zero-order chi connectivity index (χ0) is 22.1. The number of hydrogen-bond acceptors (Lipinski definition) is 6. The van der Waals surface area contributed by atoms with Crippen LogP contribution in [0.15, 0.2) is 29.3 Å². The zero-order valence-electron chi connectivity index (χ0n) is 17.9. The lowest BCUT2D eigenvalue weighted by Crippen LogP contribution is -2.46. The van der Waals surface area contributed by atoms with Gasteiger partial charge in [0, 0.05) is 36.1 Å². The molecule has 4 rings (SSSR count). The molecule has 1 fully saturated rings. The van der Waals surface area contributed by atoms with E-state index >= 15 is 0 Å². The van der Waals surface area contributed by atoms with Gasteiger partial charge in [0.1, 0.15) is 11.4 Å². The van der Waals surface area contributed by atoms with Gasteiger partial charge >= 0.3 is 0 Å². The Hall–Kier alpha value is -2.42. The number of rotatable bonds is 5. The number of anilines is 2. The van der Waals surface area contributed by atoms with Crippen LogP contribution in [0.25, 0.3) is 10.2 Å². The number of likely N-dealkylation sites (N-methyl/N-ethyl adjacent to an activating group) is 1. The molecule has 0 atom stereocenters. The van der Waals surface area contributed by atoms with Gasteiger partial charge in [-0.15, -0.1) is 11.3 Å². The molecule has 9 heteroatoms. The number of nitrogens with one attached hydrogen (secondary N) is 1. The second-order valence-corrected chi connectivity index (χ2v) is 9.41. The summed E-state index contributed by atoms with van der Waals surface area (Å²) in [6.45, 7) is 10.7. The largest absolute Gasteiger partial charge is 0.367 e. The number of fused-ring (bicyclic) bond motifs is 1. The summed E-state index contributed by atoms with van der Waals surface area (Å²) in [7, 11) is 0. The Morgan fingerprint density at radius 3 is 2.68 bits per heavy atom. The number of aromatic nitrogens is 2. The molecule has 1 aromatic carbocycles. The third-order valence-electron chi connectivity index (χ3n) is 5.86. The van der Waals surface area contributed by atoms with Crippen LogP contribution in [0, 0.1) is 13.8 Å². The maximum atomic E-state index is 12.9. The first-order chi connectivity index (χ1) is 14.9. The van der Waals surface area contributed by atoms with E-state index in [9.17, 15) is 9.59 Å². The van der Waals surface area contributed by atoms with Gasteiger partial charge in [-0.2, -0.15) is 0 Å². The molecule has 3 aromatic rings. The molecule has 3 heterocycles. The number of piperazine rings is 1. The molecule has 0 saturated carbocycles. The van der Waals surface area contributed by atoms with Gasteiger partial charge in [0.05, 0.1) is 23.1 Å². The highest BCUT2D eigenvalue weighted by atomic mass is 35.5. The van der Waals surface area contributed by atoms with Gasteiger partial charge in [0.15, 0.2) is 0 Å². The molecular formula is C22H26ClN5O2S. The monoisotopic (exact) mass is 459 g/mol. The number of benzene rings is 1. The van der Waals surface area contributed by atoms with Crippen LogP contribution in [0.5, 0.6) is 0 Å². The van der Waals surface area contributed by atoms with E-state index in [1.165, 1.54) is 22.2 Å². The maximum Gasteiger partial charge on any atom is 0.262 e. The summed E-state index contributed by atoms with van der Waals surface area (Å²) in [5.74, 6) is -0.288. The van der Waals surface area contributed by atoms with Crippen molar-refractivity contribution in [2.75, 3.05) is 42.9 Å². The number of halogens is 1. The van der Waals surface area contributed by atoms with E-state index in [0.717, 1.165) is 48.9 Å². The van der Waals surface area contributed by atoms with Crippen molar-refractivity contribution >= 4 is 50.4 Å². The van der Waals surface area contributed by atoms with Gasteiger partial charge in [-0.1, -0.05) is 18.5 Å². The molecule has 1 aliphatic rings. The predicted molar refractivity (Wildman–Crippen MR) is 128 cm³/mol. The summed E-state index contributed by atoms with van der Waals surface area (Å²) < 4.78 is 1.36. The van der Waals surface area contributed by atoms with E-state index in [4.69, 9.17) is 11.6 Å². The van der Waals surface area contributed by atoms with Gasteiger partial charge in [0.25, 0.3) is 5.56 Å². The number of carbonyl (C=O) groups excluding carboxylic acids is 1. The van der Waals surface area contributed by atoms with Crippen molar-refractivity contribution in [1.29, 1.82) is 0 Å². The smallest absolute Gasteiger partial charge is 0.262 e. The van der Waals surface area contributed by atoms with Gasteiger partial charge in [-0.25, -0.2) is 4.98 Å². The van der Waals surface area contributed by atoms with Crippen molar-refractivity contribution in [3.8, 4) is 0 Å². The van der Waals surface area contributed by atoms with E-state index in [2.05, 4.69) is 27.0 Å². The SMILES string of the molecule is CCN1CCN(c2ccc(Cl)cc2NC(=O)Cn2cnc3sc(C)c(C)c3c2=O)CC1. The summed E-state index contributed by atoms with van der Waals surface area (Å²) in [4.78, 5) is 36.5. The Balaban J connectivity index is 1.55. The highest BCUT2D eigenvalue weighted by Gasteiger charge is 2.20. The molecule has 0 unspecified atom stereocenters.